The fourth-order valence-electron chi connectivity index (χ4n) is 0.846. The molecule has 2 atom stereocenters. The van der Waals surface area contributed by atoms with Crippen LogP contribution in [0.4, 0.5) is 0 Å². The van der Waals surface area contributed by atoms with E-state index in [0.717, 1.165) is 0 Å². The molecule has 0 amide bonds. The topological polar surface area (TPSA) is 98.6 Å². The first-order valence-corrected chi connectivity index (χ1v) is 4.64. The molecule has 0 heterocycles. The van der Waals surface area contributed by atoms with E-state index < -0.39 is 23.8 Å². The number of hydrogen-bond acceptors (Lipinski definition) is 5. The summed E-state index contributed by atoms with van der Waals surface area (Å²) < 4.78 is 5.05. The first kappa shape index (κ1) is 13.4. The fraction of sp³-hybridized carbons (Fsp3) is 0.889. The third kappa shape index (κ3) is 6.82. The summed E-state index contributed by atoms with van der Waals surface area (Å²) in [4.78, 5) is 11.3. The van der Waals surface area contributed by atoms with E-state index in [4.69, 9.17) is 21.3 Å². The molecule has 84 valence electrons. The van der Waals surface area contributed by atoms with Gasteiger partial charge in [0.25, 0.3) is 0 Å². The van der Waals surface area contributed by atoms with Crippen LogP contribution in [0.3, 0.4) is 0 Å². The number of aliphatic hydroxyl groups is 1. The van der Waals surface area contributed by atoms with Crippen LogP contribution in [0.5, 0.6) is 0 Å². The van der Waals surface area contributed by atoms with Gasteiger partial charge < -0.3 is 21.3 Å². The molecule has 0 saturated carbocycles. The SMILES string of the molecule is CC(C)(C)OC(=O)[C@@H](N)CCC(N)O. The Hall–Kier alpha value is -0.650. The second-order valence-electron chi connectivity index (χ2n) is 4.28. The molecule has 0 aliphatic rings. The van der Waals surface area contributed by atoms with Crippen LogP contribution < -0.4 is 11.5 Å². The van der Waals surface area contributed by atoms with Gasteiger partial charge in [-0.25, -0.2) is 0 Å². The first-order chi connectivity index (χ1) is 6.22. The van der Waals surface area contributed by atoms with Gasteiger partial charge in [-0.2, -0.15) is 0 Å². The summed E-state index contributed by atoms with van der Waals surface area (Å²) in [5.41, 5.74) is 10.1. The van der Waals surface area contributed by atoms with E-state index in [1.165, 1.54) is 0 Å². The maximum atomic E-state index is 11.3. The maximum absolute atomic E-state index is 11.3. The Morgan fingerprint density at radius 1 is 1.36 bits per heavy atom. The summed E-state index contributed by atoms with van der Waals surface area (Å²) in [6.07, 6.45) is -0.309. The molecule has 0 radical (unpaired) electrons. The molecule has 0 spiro atoms. The van der Waals surface area contributed by atoms with Crippen LogP contribution in [0.2, 0.25) is 0 Å². The molecule has 0 aromatic heterocycles. The van der Waals surface area contributed by atoms with Crippen molar-refractivity contribution >= 4 is 5.97 Å². The smallest absolute Gasteiger partial charge is 0.323 e. The zero-order valence-corrected chi connectivity index (χ0v) is 8.99. The van der Waals surface area contributed by atoms with E-state index in [1.807, 2.05) is 0 Å². The van der Waals surface area contributed by atoms with Crippen molar-refractivity contribution in [3.63, 3.8) is 0 Å². The van der Waals surface area contributed by atoms with Gasteiger partial charge in [-0.15, -0.1) is 0 Å². The summed E-state index contributed by atoms with van der Waals surface area (Å²) in [6.45, 7) is 5.32. The minimum atomic E-state index is -0.927. The standard InChI is InChI=1S/C9H20N2O3/c1-9(2,3)14-8(13)6(10)4-5-7(11)12/h6-7,12H,4-5,10-11H2,1-3H3/t6-,7?/m0/s1. The van der Waals surface area contributed by atoms with Gasteiger partial charge in [-0.1, -0.05) is 0 Å². The molecule has 0 bridgehead atoms. The minimum absolute atomic E-state index is 0.292. The molecule has 0 aliphatic carbocycles. The van der Waals surface area contributed by atoms with Crippen LogP contribution in [0, 0.1) is 0 Å². The Kier molecular flexibility index (Phi) is 5.04. The lowest BCUT2D eigenvalue weighted by Gasteiger charge is -2.22. The predicted octanol–water partition coefficient (Wildman–Crippen LogP) is -0.287. The van der Waals surface area contributed by atoms with Crippen molar-refractivity contribution < 1.29 is 14.6 Å². The lowest BCUT2D eigenvalue weighted by atomic mass is 10.1. The quantitative estimate of drug-likeness (QED) is 0.432. The first-order valence-electron chi connectivity index (χ1n) is 4.64. The Morgan fingerprint density at radius 2 is 1.86 bits per heavy atom. The van der Waals surface area contributed by atoms with E-state index in [0.29, 0.717) is 12.8 Å². The highest BCUT2D eigenvalue weighted by Gasteiger charge is 2.22. The Morgan fingerprint density at radius 3 is 2.21 bits per heavy atom. The molecule has 0 rings (SSSR count). The zero-order chi connectivity index (χ0) is 11.4. The highest BCUT2D eigenvalue weighted by Crippen LogP contribution is 2.09. The molecule has 0 aromatic carbocycles. The Bertz CT molecular complexity index is 187. The van der Waals surface area contributed by atoms with E-state index in [1.54, 1.807) is 20.8 Å². The van der Waals surface area contributed by atoms with Gasteiger partial charge in [-0.05, 0) is 33.6 Å². The number of aliphatic hydroxyl groups excluding tert-OH is 1. The van der Waals surface area contributed by atoms with Crippen molar-refractivity contribution in [2.24, 2.45) is 11.5 Å². The van der Waals surface area contributed by atoms with Crippen LogP contribution in [-0.2, 0) is 9.53 Å². The van der Waals surface area contributed by atoms with Crippen molar-refractivity contribution in [3.05, 3.63) is 0 Å². The molecule has 1 unspecified atom stereocenters. The molecule has 14 heavy (non-hydrogen) atoms. The fourth-order valence-corrected chi connectivity index (χ4v) is 0.846. The number of rotatable bonds is 4. The molecular weight excluding hydrogens is 184 g/mol. The molecule has 5 nitrogen and oxygen atoms in total. The van der Waals surface area contributed by atoms with Crippen LogP contribution in [0.25, 0.3) is 0 Å². The van der Waals surface area contributed by atoms with Crippen LogP contribution in [0.15, 0.2) is 0 Å². The lowest BCUT2D eigenvalue weighted by molar-refractivity contribution is -0.156. The molecular formula is C9H20N2O3. The van der Waals surface area contributed by atoms with Gasteiger partial charge in [0.15, 0.2) is 0 Å². The average Bonchev–Trinajstić information content (AvgIpc) is 1.96. The molecule has 5 heteroatoms. The van der Waals surface area contributed by atoms with Crippen molar-refractivity contribution in [1.29, 1.82) is 0 Å². The van der Waals surface area contributed by atoms with Crippen molar-refractivity contribution in [3.8, 4) is 0 Å². The van der Waals surface area contributed by atoms with Gasteiger partial charge in [0.2, 0.25) is 0 Å². The van der Waals surface area contributed by atoms with E-state index in [9.17, 15) is 4.79 Å². The Balaban J connectivity index is 3.88. The number of ether oxygens (including phenoxy) is 1. The third-order valence-electron chi connectivity index (χ3n) is 1.48. The molecule has 0 aliphatic heterocycles. The van der Waals surface area contributed by atoms with Gasteiger partial charge in [0.05, 0.1) is 0 Å². The summed E-state index contributed by atoms with van der Waals surface area (Å²) in [5.74, 6) is -0.460. The largest absolute Gasteiger partial charge is 0.459 e. The van der Waals surface area contributed by atoms with Crippen molar-refractivity contribution in [2.75, 3.05) is 0 Å². The maximum Gasteiger partial charge on any atom is 0.323 e. The van der Waals surface area contributed by atoms with Crippen LogP contribution in [-0.4, -0.2) is 28.9 Å². The molecule has 0 aromatic rings. The van der Waals surface area contributed by atoms with E-state index in [2.05, 4.69) is 0 Å². The van der Waals surface area contributed by atoms with E-state index in [-0.39, 0.29) is 0 Å². The van der Waals surface area contributed by atoms with Crippen LogP contribution in [0.1, 0.15) is 33.6 Å². The third-order valence-corrected chi connectivity index (χ3v) is 1.48. The highest BCUT2D eigenvalue weighted by molar-refractivity contribution is 5.75. The van der Waals surface area contributed by atoms with Crippen molar-refractivity contribution in [2.45, 2.75) is 51.5 Å². The number of carbonyl (C=O) groups is 1. The lowest BCUT2D eigenvalue weighted by Crippen LogP contribution is -2.38. The van der Waals surface area contributed by atoms with E-state index >= 15 is 0 Å². The summed E-state index contributed by atoms with van der Waals surface area (Å²) in [5, 5.41) is 8.79. The normalized spacial score (nSPS) is 16.1. The van der Waals surface area contributed by atoms with Crippen LogP contribution >= 0.6 is 0 Å². The zero-order valence-electron chi connectivity index (χ0n) is 8.99. The number of carbonyl (C=O) groups excluding carboxylic acids is 1. The van der Waals surface area contributed by atoms with Crippen molar-refractivity contribution in [1.82, 2.24) is 0 Å². The summed E-state index contributed by atoms with van der Waals surface area (Å²) in [7, 11) is 0. The monoisotopic (exact) mass is 204 g/mol. The van der Waals surface area contributed by atoms with Gasteiger partial charge in [0.1, 0.15) is 17.9 Å². The van der Waals surface area contributed by atoms with Gasteiger partial charge in [-0.3, -0.25) is 4.79 Å². The Labute approximate surface area is 84.4 Å². The second-order valence-corrected chi connectivity index (χ2v) is 4.28. The van der Waals surface area contributed by atoms with Gasteiger partial charge in [0, 0.05) is 0 Å². The number of hydrogen-bond donors (Lipinski definition) is 3. The number of nitrogens with two attached hydrogens (primary N) is 2. The summed E-state index contributed by atoms with van der Waals surface area (Å²) >= 11 is 0. The average molecular weight is 204 g/mol. The second kappa shape index (κ2) is 5.29. The molecule has 0 fully saturated rings. The predicted molar refractivity (Wildman–Crippen MR) is 53.2 cm³/mol. The minimum Gasteiger partial charge on any atom is -0.459 e. The summed E-state index contributed by atoms with van der Waals surface area (Å²) in [6, 6.07) is -0.715. The van der Waals surface area contributed by atoms with Gasteiger partial charge >= 0.3 is 5.97 Å². The molecule has 5 N–H and O–H groups in total. The number of esters is 1. The molecule has 0 saturated heterocycles. The highest BCUT2D eigenvalue weighted by atomic mass is 16.6.